The summed E-state index contributed by atoms with van der Waals surface area (Å²) in [5.74, 6) is -0.951. The molecule has 1 unspecified atom stereocenters. The number of carboxylic acid groups (broad SMARTS) is 1. The molecule has 1 aliphatic rings. The Balaban J connectivity index is 2.50. The average molecular weight is 247 g/mol. The van der Waals surface area contributed by atoms with Gasteiger partial charge < -0.3 is 10.0 Å². The van der Waals surface area contributed by atoms with Crippen LogP contribution in [0.3, 0.4) is 0 Å². The van der Waals surface area contributed by atoms with Crippen LogP contribution in [0.1, 0.15) is 36.0 Å². The summed E-state index contributed by atoms with van der Waals surface area (Å²) in [6, 6.07) is 3.95. The van der Waals surface area contributed by atoms with E-state index in [0.717, 1.165) is 22.4 Å². The highest BCUT2D eigenvalue weighted by atomic mass is 16.4. The van der Waals surface area contributed by atoms with Gasteiger partial charge in [-0.1, -0.05) is 12.1 Å². The molecule has 0 bridgehead atoms. The van der Waals surface area contributed by atoms with Crippen molar-refractivity contribution < 1.29 is 14.7 Å². The Labute approximate surface area is 106 Å². The first-order valence-corrected chi connectivity index (χ1v) is 6.01. The van der Waals surface area contributed by atoms with Crippen molar-refractivity contribution in [3.63, 3.8) is 0 Å². The predicted octanol–water partition coefficient (Wildman–Crippen LogP) is 2.23. The van der Waals surface area contributed by atoms with E-state index < -0.39 is 5.97 Å². The Morgan fingerprint density at radius 1 is 1.39 bits per heavy atom. The lowest BCUT2D eigenvalue weighted by Gasteiger charge is -2.18. The fourth-order valence-electron chi connectivity index (χ4n) is 2.59. The molecule has 1 N–H and O–H groups in total. The van der Waals surface area contributed by atoms with Crippen LogP contribution >= 0.6 is 0 Å². The first-order valence-electron chi connectivity index (χ1n) is 6.01. The van der Waals surface area contributed by atoms with Gasteiger partial charge in [0.1, 0.15) is 0 Å². The van der Waals surface area contributed by atoms with Gasteiger partial charge in [0.2, 0.25) is 5.91 Å². The van der Waals surface area contributed by atoms with Crippen LogP contribution in [0.5, 0.6) is 0 Å². The number of nitrogens with zero attached hydrogens (tertiary/aromatic N) is 1. The normalized spacial score (nSPS) is 17.7. The number of carbonyl (C=O) groups is 2. The smallest absolute Gasteiger partial charge is 0.304 e. The molecule has 2 rings (SSSR count). The number of fused-ring (bicyclic) bond motifs is 1. The number of rotatable bonds is 2. The van der Waals surface area contributed by atoms with Crippen LogP contribution in [0, 0.1) is 13.8 Å². The van der Waals surface area contributed by atoms with Crippen molar-refractivity contribution in [2.45, 2.75) is 33.1 Å². The summed E-state index contributed by atoms with van der Waals surface area (Å²) in [6.45, 7) is 5.97. The molecular weight excluding hydrogens is 230 g/mol. The largest absolute Gasteiger partial charge is 0.481 e. The van der Waals surface area contributed by atoms with E-state index in [0.29, 0.717) is 6.54 Å². The highest BCUT2D eigenvalue weighted by Gasteiger charge is 2.33. The second-order valence-corrected chi connectivity index (χ2v) is 4.87. The number of amides is 1. The number of hydrogen-bond acceptors (Lipinski definition) is 2. The van der Waals surface area contributed by atoms with E-state index in [1.54, 1.807) is 4.90 Å². The lowest BCUT2D eigenvalue weighted by Crippen LogP contribution is -2.28. The first kappa shape index (κ1) is 12.6. The topological polar surface area (TPSA) is 57.6 Å². The van der Waals surface area contributed by atoms with Gasteiger partial charge in [-0.15, -0.1) is 0 Å². The Bertz CT molecular complexity index is 522. The van der Waals surface area contributed by atoms with Crippen molar-refractivity contribution in [1.82, 2.24) is 0 Å². The summed E-state index contributed by atoms with van der Waals surface area (Å²) in [5.41, 5.74) is 4.08. The van der Waals surface area contributed by atoms with Gasteiger partial charge in [0, 0.05) is 19.4 Å². The zero-order valence-corrected chi connectivity index (χ0v) is 10.9. The monoisotopic (exact) mass is 247 g/mol. The third-order valence-corrected chi connectivity index (χ3v) is 3.65. The van der Waals surface area contributed by atoms with Crippen LogP contribution in [-0.4, -0.2) is 23.5 Å². The van der Waals surface area contributed by atoms with E-state index in [1.807, 2.05) is 26.0 Å². The third-order valence-electron chi connectivity index (χ3n) is 3.65. The van der Waals surface area contributed by atoms with Crippen LogP contribution < -0.4 is 4.90 Å². The van der Waals surface area contributed by atoms with Crippen molar-refractivity contribution >= 4 is 17.6 Å². The zero-order valence-electron chi connectivity index (χ0n) is 10.9. The van der Waals surface area contributed by atoms with Crippen LogP contribution in [-0.2, 0) is 9.59 Å². The molecular formula is C14H17NO3. The van der Waals surface area contributed by atoms with E-state index >= 15 is 0 Å². The molecule has 4 heteroatoms. The maximum absolute atomic E-state index is 11.7. The van der Waals surface area contributed by atoms with Gasteiger partial charge >= 0.3 is 5.97 Å². The molecule has 0 aliphatic carbocycles. The Hall–Kier alpha value is -1.84. The fourth-order valence-corrected chi connectivity index (χ4v) is 2.59. The molecule has 1 aromatic rings. The van der Waals surface area contributed by atoms with Gasteiger partial charge in [-0.25, -0.2) is 0 Å². The molecule has 0 saturated carbocycles. The van der Waals surface area contributed by atoms with Gasteiger partial charge in [0.25, 0.3) is 0 Å². The number of anilines is 1. The lowest BCUT2D eigenvalue weighted by molar-refractivity contribution is -0.137. The molecule has 4 nitrogen and oxygen atoms in total. The minimum atomic E-state index is -0.824. The molecule has 1 atom stereocenters. The first-order chi connectivity index (χ1) is 8.41. The number of aryl methyl sites for hydroxylation is 1. The van der Waals surface area contributed by atoms with E-state index in [2.05, 4.69) is 0 Å². The Morgan fingerprint density at radius 3 is 2.61 bits per heavy atom. The van der Waals surface area contributed by atoms with Crippen molar-refractivity contribution in [3.05, 3.63) is 28.8 Å². The summed E-state index contributed by atoms with van der Waals surface area (Å²) >= 11 is 0. The number of aliphatic carboxylic acids is 1. The van der Waals surface area contributed by atoms with Gasteiger partial charge in [-0.05, 0) is 30.5 Å². The maximum atomic E-state index is 11.7. The fraction of sp³-hybridized carbons (Fsp3) is 0.429. The predicted molar refractivity (Wildman–Crippen MR) is 68.9 cm³/mol. The van der Waals surface area contributed by atoms with Crippen LogP contribution in [0.2, 0.25) is 0 Å². The third kappa shape index (κ3) is 1.98. The average Bonchev–Trinajstić information content (AvgIpc) is 2.62. The summed E-state index contributed by atoms with van der Waals surface area (Å²) < 4.78 is 0. The Kier molecular flexibility index (Phi) is 3.11. The van der Waals surface area contributed by atoms with Crippen LogP contribution in [0.4, 0.5) is 5.69 Å². The number of carboxylic acids is 1. The molecule has 0 radical (unpaired) electrons. The quantitative estimate of drug-likeness (QED) is 0.871. The summed E-state index contributed by atoms with van der Waals surface area (Å²) in [5, 5.41) is 8.94. The molecule has 0 fully saturated rings. The lowest BCUT2D eigenvalue weighted by atomic mass is 9.95. The zero-order chi connectivity index (χ0) is 13.4. The minimum absolute atomic E-state index is 0.0298. The van der Waals surface area contributed by atoms with Crippen molar-refractivity contribution in [3.8, 4) is 0 Å². The summed E-state index contributed by atoms with van der Waals surface area (Å²) in [4.78, 5) is 24.3. The molecule has 96 valence electrons. The van der Waals surface area contributed by atoms with E-state index in [-0.39, 0.29) is 18.2 Å². The van der Waals surface area contributed by atoms with Gasteiger partial charge in [0.15, 0.2) is 0 Å². The van der Waals surface area contributed by atoms with Gasteiger partial charge in [-0.2, -0.15) is 0 Å². The number of hydrogen-bond donors (Lipinski definition) is 1. The Morgan fingerprint density at radius 2 is 2.06 bits per heavy atom. The van der Waals surface area contributed by atoms with Crippen molar-refractivity contribution in [1.29, 1.82) is 0 Å². The molecule has 1 aliphatic heterocycles. The molecule has 0 saturated heterocycles. The summed E-state index contributed by atoms with van der Waals surface area (Å²) in [6.07, 6.45) is 0.0687. The highest BCUT2D eigenvalue weighted by Crippen LogP contribution is 2.41. The van der Waals surface area contributed by atoms with E-state index in [1.165, 1.54) is 6.92 Å². The second kappa shape index (κ2) is 4.44. The SMILES string of the molecule is CC(=O)N1CC(CC(=O)O)c2ccc(C)c(C)c21. The number of benzene rings is 1. The highest BCUT2D eigenvalue weighted by molar-refractivity contribution is 5.95. The van der Waals surface area contributed by atoms with Crippen molar-refractivity contribution in [2.24, 2.45) is 0 Å². The molecule has 1 amide bonds. The number of carbonyl (C=O) groups excluding carboxylic acids is 1. The van der Waals surface area contributed by atoms with Crippen molar-refractivity contribution in [2.75, 3.05) is 11.4 Å². The minimum Gasteiger partial charge on any atom is -0.481 e. The van der Waals surface area contributed by atoms with Gasteiger partial charge in [0.05, 0.1) is 12.1 Å². The molecule has 1 aromatic carbocycles. The van der Waals surface area contributed by atoms with Crippen LogP contribution in [0.15, 0.2) is 12.1 Å². The maximum Gasteiger partial charge on any atom is 0.304 e. The molecule has 0 aromatic heterocycles. The van der Waals surface area contributed by atoms with E-state index in [4.69, 9.17) is 5.11 Å². The molecule has 18 heavy (non-hydrogen) atoms. The second-order valence-electron chi connectivity index (χ2n) is 4.87. The van der Waals surface area contributed by atoms with E-state index in [9.17, 15) is 9.59 Å². The summed E-state index contributed by atoms with van der Waals surface area (Å²) in [7, 11) is 0. The molecule has 0 spiro atoms. The standard InChI is InChI=1S/C14H17NO3/c1-8-4-5-12-11(6-13(17)18)7-15(10(3)16)14(12)9(8)2/h4-5,11H,6-7H2,1-3H3,(H,17,18). The van der Waals surface area contributed by atoms with Crippen LogP contribution in [0.25, 0.3) is 0 Å². The van der Waals surface area contributed by atoms with Gasteiger partial charge in [-0.3, -0.25) is 9.59 Å². The molecule has 1 heterocycles.